The number of carbonyl (C=O) groups excluding carboxylic acids is 1. The maximum absolute atomic E-state index is 12.8. The van der Waals surface area contributed by atoms with E-state index < -0.39 is 10.1 Å². The van der Waals surface area contributed by atoms with Crippen molar-refractivity contribution in [2.24, 2.45) is 0 Å². The van der Waals surface area contributed by atoms with Crippen molar-refractivity contribution in [3.63, 3.8) is 0 Å². The Labute approximate surface area is 196 Å². The fourth-order valence-corrected chi connectivity index (χ4v) is 5.24. The van der Waals surface area contributed by atoms with Gasteiger partial charge in [-0.3, -0.25) is 9.69 Å². The molecular weight excluding hydrogens is 462 g/mol. The van der Waals surface area contributed by atoms with Crippen LogP contribution in [0.5, 0.6) is 5.75 Å². The molecule has 1 fully saturated rings. The Balaban J connectivity index is 1.46. The molecule has 0 atom stereocenters. The number of amides is 1. The third kappa shape index (κ3) is 5.09. The van der Waals surface area contributed by atoms with E-state index in [2.05, 4.69) is 0 Å². The lowest BCUT2D eigenvalue weighted by Gasteiger charge is -2.14. The summed E-state index contributed by atoms with van der Waals surface area (Å²) in [5.41, 5.74) is 2.70. The molecule has 0 bridgehead atoms. The normalized spacial score (nSPS) is 15.4. The van der Waals surface area contributed by atoms with Gasteiger partial charge in [0.25, 0.3) is 5.91 Å². The van der Waals surface area contributed by atoms with Crippen LogP contribution in [0.25, 0.3) is 6.08 Å². The molecule has 1 aliphatic heterocycles. The lowest BCUT2D eigenvalue weighted by molar-refractivity contribution is -0.122. The molecule has 8 heteroatoms. The molecule has 162 valence electrons. The molecule has 0 aliphatic carbocycles. The van der Waals surface area contributed by atoms with Crippen LogP contribution in [0.3, 0.4) is 0 Å². The number of hydrogen-bond donors (Lipinski definition) is 0. The minimum absolute atomic E-state index is 0.0919. The van der Waals surface area contributed by atoms with Crippen LogP contribution < -0.4 is 4.18 Å². The van der Waals surface area contributed by atoms with Gasteiger partial charge in [-0.25, -0.2) is 0 Å². The molecule has 3 aromatic carbocycles. The molecule has 0 N–H and O–H groups in total. The molecule has 0 spiro atoms. The number of thioether (sulfide) groups is 1. The molecule has 3 aromatic rings. The Morgan fingerprint density at radius 1 is 0.969 bits per heavy atom. The predicted molar refractivity (Wildman–Crippen MR) is 131 cm³/mol. The van der Waals surface area contributed by atoms with Crippen molar-refractivity contribution in [1.29, 1.82) is 0 Å². The van der Waals surface area contributed by atoms with Gasteiger partial charge in [0, 0.05) is 0 Å². The number of thiocarbonyl (C=S) groups is 1. The number of benzene rings is 3. The SMILES string of the molecule is Cc1ccc(S(=O)(=O)Oc2ccc(/C=C3/SC(=S)N(Cc4ccccc4)C3=O)cc2)cc1. The molecule has 1 aliphatic rings. The van der Waals surface area contributed by atoms with Crippen molar-refractivity contribution in [3.8, 4) is 5.75 Å². The standard InChI is InChI=1S/C24H19NO4S3/c1-17-7-13-21(14-8-17)32(27,28)29-20-11-9-18(10-12-20)15-22-23(26)25(24(30)31-22)16-19-5-3-2-4-6-19/h2-15H,16H2,1H3/b22-15+. The smallest absolute Gasteiger partial charge is 0.339 e. The van der Waals surface area contributed by atoms with E-state index in [1.54, 1.807) is 47.4 Å². The molecule has 1 amide bonds. The molecule has 32 heavy (non-hydrogen) atoms. The summed E-state index contributed by atoms with van der Waals surface area (Å²) >= 11 is 6.64. The van der Waals surface area contributed by atoms with E-state index in [0.717, 1.165) is 16.7 Å². The predicted octanol–water partition coefficient (Wildman–Crippen LogP) is 5.16. The molecule has 4 rings (SSSR count). The van der Waals surface area contributed by atoms with Crippen molar-refractivity contribution >= 4 is 50.4 Å². The van der Waals surface area contributed by atoms with Crippen molar-refractivity contribution in [1.82, 2.24) is 4.90 Å². The van der Waals surface area contributed by atoms with Crippen LogP contribution in [0.2, 0.25) is 0 Å². The lowest BCUT2D eigenvalue weighted by Crippen LogP contribution is -2.27. The van der Waals surface area contributed by atoms with Crippen LogP contribution in [0.15, 0.2) is 88.7 Å². The molecule has 0 radical (unpaired) electrons. The highest BCUT2D eigenvalue weighted by molar-refractivity contribution is 8.26. The summed E-state index contributed by atoms with van der Waals surface area (Å²) in [4.78, 5) is 15.0. The number of aryl methyl sites for hydroxylation is 1. The number of nitrogens with zero attached hydrogens (tertiary/aromatic N) is 1. The van der Waals surface area contributed by atoms with Crippen molar-refractivity contribution in [2.45, 2.75) is 18.4 Å². The summed E-state index contributed by atoms with van der Waals surface area (Å²) in [5, 5.41) is 0. The lowest BCUT2D eigenvalue weighted by atomic mass is 10.2. The Kier molecular flexibility index (Phi) is 6.45. The molecule has 5 nitrogen and oxygen atoms in total. The molecule has 1 heterocycles. The van der Waals surface area contributed by atoms with Gasteiger partial charge in [0.1, 0.15) is 15.0 Å². The zero-order valence-corrected chi connectivity index (χ0v) is 19.5. The van der Waals surface area contributed by atoms with Gasteiger partial charge < -0.3 is 4.18 Å². The largest absolute Gasteiger partial charge is 0.379 e. The first-order valence-corrected chi connectivity index (χ1v) is 12.4. The van der Waals surface area contributed by atoms with Gasteiger partial charge in [-0.15, -0.1) is 0 Å². The van der Waals surface area contributed by atoms with Gasteiger partial charge in [0.05, 0.1) is 11.4 Å². The van der Waals surface area contributed by atoms with Gasteiger partial charge in [0.15, 0.2) is 0 Å². The van der Waals surface area contributed by atoms with Crippen LogP contribution >= 0.6 is 24.0 Å². The third-order valence-electron chi connectivity index (χ3n) is 4.75. The Hall–Kier alpha value is -2.94. The second kappa shape index (κ2) is 9.28. The van der Waals surface area contributed by atoms with E-state index in [1.807, 2.05) is 37.3 Å². The van der Waals surface area contributed by atoms with Gasteiger partial charge >= 0.3 is 10.1 Å². The molecular formula is C24H19NO4S3. The molecule has 1 saturated heterocycles. The fourth-order valence-electron chi connectivity index (χ4n) is 3.05. The van der Waals surface area contributed by atoms with Crippen LogP contribution in [0, 0.1) is 6.92 Å². The van der Waals surface area contributed by atoms with Gasteiger partial charge in [-0.1, -0.05) is 84.1 Å². The maximum atomic E-state index is 12.8. The van der Waals surface area contributed by atoms with Crippen LogP contribution in [-0.4, -0.2) is 23.5 Å². The van der Waals surface area contributed by atoms with Crippen molar-refractivity contribution < 1.29 is 17.4 Å². The maximum Gasteiger partial charge on any atom is 0.339 e. The van der Waals surface area contributed by atoms with E-state index in [1.165, 1.54) is 23.9 Å². The van der Waals surface area contributed by atoms with Crippen LogP contribution in [0.4, 0.5) is 0 Å². The zero-order valence-electron chi connectivity index (χ0n) is 17.1. The molecule has 0 aromatic heterocycles. The number of rotatable bonds is 6. The fraction of sp³-hybridized carbons (Fsp3) is 0.0833. The van der Waals surface area contributed by atoms with Gasteiger partial charge in [-0.2, -0.15) is 8.42 Å². The third-order valence-corrected chi connectivity index (χ3v) is 7.39. The highest BCUT2D eigenvalue weighted by Crippen LogP contribution is 2.34. The van der Waals surface area contributed by atoms with E-state index in [9.17, 15) is 13.2 Å². The first-order valence-electron chi connectivity index (χ1n) is 9.72. The van der Waals surface area contributed by atoms with Gasteiger partial charge in [-0.05, 0) is 48.4 Å². The molecule has 0 unspecified atom stereocenters. The van der Waals surface area contributed by atoms with Crippen molar-refractivity contribution in [2.75, 3.05) is 0 Å². The van der Waals surface area contributed by atoms with E-state index in [4.69, 9.17) is 16.4 Å². The summed E-state index contributed by atoms with van der Waals surface area (Å²) in [6, 6.07) is 22.6. The summed E-state index contributed by atoms with van der Waals surface area (Å²) in [5.74, 6) is 0.0467. The number of hydrogen-bond acceptors (Lipinski definition) is 6. The first-order chi connectivity index (χ1) is 15.3. The molecule has 0 saturated carbocycles. The first kappa shape index (κ1) is 22.3. The number of carbonyl (C=O) groups is 1. The Bertz CT molecular complexity index is 1280. The van der Waals surface area contributed by atoms with Gasteiger partial charge in [0.2, 0.25) is 0 Å². The van der Waals surface area contributed by atoms with E-state index in [0.29, 0.717) is 15.8 Å². The summed E-state index contributed by atoms with van der Waals surface area (Å²) in [6.45, 7) is 2.30. The Morgan fingerprint density at radius 2 is 1.62 bits per heavy atom. The summed E-state index contributed by atoms with van der Waals surface area (Å²) in [7, 11) is -3.92. The highest BCUT2D eigenvalue weighted by Gasteiger charge is 2.31. The average Bonchev–Trinajstić information content (AvgIpc) is 3.03. The quantitative estimate of drug-likeness (QED) is 0.275. The average molecular weight is 482 g/mol. The summed E-state index contributed by atoms with van der Waals surface area (Å²) < 4.78 is 30.6. The van der Waals surface area contributed by atoms with E-state index in [-0.39, 0.29) is 16.6 Å². The highest BCUT2D eigenvalue weighted by atomic mass is 32.2. The monoisotopic (exact) mass is 481 g/mol. The summed E-state index contributed by atoms with van der Waals surface area (Å²) in [6.07, 6.45) is 1.74. The Morgan fingerprint density at radius 3 is 2.28 bits per heavy atom. The van der Waals surface area contributed by atoms with E-state index >= 15 is 0 Å². The minimum Gasteiger partial charge on any atom is -0.379 e. The van der Waals surface area contributed by atoms with Crippen molar-refractivity contribution in [3.05, 3.63) is 100 Å². The minimum atomic E-state index is -3.92. The second-order valence-corrected chi connectivity index (χ2v) is 10.4. The van der Waals surface area contributed by atoms with Crippen LogP contribution in [-0.2, 0) is 21.5 Å². The van der Waals surface area contributed by atoms with Crippen LogP contribution in [0.1, 0.15) is 16.7 Å². The second-order valence-electron chi connectivity index (χ2n) is 7.17. The zero-order chi connectivity index (χ0) is 22.7. The topological polar surface area (TPSA) is 63.7 Å².